The molecule has 0 fully saturated rings. The third-order valence-corrected chi connectivity index (χ3v) is 6.24. The quantitative estimate of drug-likeness (QED) is 0.222. The maximum Gasteiger partial charge on any atom is 0.343 e. The minimum absolute atomic E-state index is 0.00676. The highest BCUT2D eigenvalue weighted by molar-refractivity contribution is 5.91. The first-order valence-corrected chi connectivity index (χ1v) is 12.5. The Kier molecular flexibility index (Phi) is 7.46. The maximum atomic E-state index is 12.8. The first-order valence-electron chi connectivity index (χ1n) is 12.5. The van der Waals surface area contributed by atoms with E-state index in [0.29, 0.717) is 41.6 Å². The van der Waals surface area contributed by atoms with E-state index in [1.807, 2.05) is 61.5 Å². The van der Waals surface area contributed by atoms with Gasteiger partial charge in [0.15, 0.2) is 0 Å². The molecule has 7 nitrogen and oxygen atoms in total. The molecule has 194 valence electrons. The number of carbonyl (C=O) groups is 1. The third kappa shape index (κ3) is 5.71. The summed E-state index contributed by atoms with van der Waals surface area (Å²) in [5.74, 6) is 1.02. The molecule has 4 aromatic rings. The number of nitriles is 1. The molecule has 0 saturated carbocycles. The molecule has 0 aliphatic carbocycles. The Bertz CT molecular complexity index is 1560. The molecule has 1 aliphatic rings. The highest BCUT2D eigenvalue weighted by atomic mass is 16.5. The standard InChI is InChI=1S/C32H26N2O5/c1-2-36-25-10-6-9-23(17-25)32(35)38-26-15-16-27-29(18-26)39-31(34)28(19-33)30(27)22-11-13-24(14-12-22)37-20-21-7-4-3-5-8-21/h3-18,30H,2,20,34H2,1H3. The van der Waals surface area contributed by atoms with E-state index in [0.717, 1.165) is 16.7 Å². The van der Waals surface area contributed by atoms with Crippen LogP contribution in [0.25, 0.3) is 0 Å². The van der Waals surface area contributed by atoms with E-state index in [2.05, 4.69) is 6.07 Å². The molecule has 1 heterocycles. The van der Waals surface area contributed by atoms with Gasteiger partial charge in [-0.2, -0.15) is 5.26 Å². The predicted octanol–water partition coefficient (Wildman–Crippen LogP) is 6.10. The molecule has 39 heavy (non-hydrogen) atoms. The second kappa shape index (κ2) is 11.4. The van der Waals surface area contributed by atoms with Gasteiger partial charge in [-0.3, -0.25) is 0 Å². The number of carbonyl (C=O) groups excluding carboxylic acids is 1. The lowest BCUT2D eigenvalue weighted by molar-refractivity contribution is 0.0734. The van der Waals surface area contributed by atoms with Crippen molar-refractivity contribution in [1.82, 2.24) is 0 Å². The number of rotatable bonds is 8. The number of benzene rings is 4. The topological polar surface area (TPSA) is 104 Å². The summed E-state index contributed by atoms with van der Waals surface area (Å²) >= 11 is 0. The molecule has 1 unspecified atom stereocenters. The Labute approximate surface area is 226 Å². The van der Waals surface area contributed by atoms with Gasteiger partial charge in [0.1, 0.15) is 41.2 Å². The first-order chi connectivity index (χ1) is 19.1. The average molecular weight is 519 g/mol. The Morgan fingerprint density at radius 3 is 2.41 bits per heavy atom. The molecule has 2 N–H and O–H groups in total. The van der Waals surface area contributed by atoms with E-state index in [9.17, 15) is 10.1 Å². The molecule has 1 aliphatic heterocycles. The Balaban J connectivity index is 1.37. The summed E-state index contributed by atoms with van der Waals surface area (Å²) < 4.78 is 22.7. The normalized spacial score (nSPS) is 14.0. The van der Waals surface area contributed by atoms with Crippen molar-refractivity contribution in [3.63, 3.8) is 0 Å². The smallest absolute Gasteiger partial charge is 0.343 e. The summed E-state index contributed by atoms with van der Waals surface area (Å²) in [7, 11) is 0. The summed E-state index contributed by atoms with van der Waals surface area (Å²) in [6.07, 6.45) is 0. The second-order valence-corrected chi connectivity index (χ2v) is 8.82. The van der Waals surface area contributed by atoms with Crippen LogP contribution in [-0.2, 0) is 6.61 Å². The fourth-order valence-electron chi connectivity index (χ4n) is 4.39. The lowest BCUT2D eigenvalue weighted by Crippen LogP contribution is -2.21. The fraction of sp³-hybridized carbons (Fsp3) is 0.125. The van der Waals surface area contributed by atoms with Crippen molar-refractivity contribution >= 4 is 5.97 Å². The summed E-state index contributed by atoms with van der Waals surface area (Å²) in [4.78, 5) is 12.8. The highest BCUT2D eigenvalue weighted by Crippen LogP contribution is 2.43. The van der Waals surface area contributed by atoms with Crippen LogP contribution in [0.15, 0.2) is 109 Å². The van der Waals surface area contributed by atoms with Crippen LogP contribution in [0.2, 0.25) is 0 Å². The van der Waals surface area contributed by atoms with E-state index >= 15 is 0 Å². The number of esters is 1. The largest absolute Gasteiger partial charge is 0.494 e. The van der Waals surface area contributed by atoms with Crippen LogP contribution < -0.4 is 24.7 Å². The molecule has 0 aromatic heterocycles. The summed E-state index contributed by atoms with van der Waals surface area (Å²) in [6, 6.07) is 31.5. The average Bonchev–Trinajstić information content (AvgIpc) is 2.96. The number of nitrogens with two attached hydrogens (primary N) is 1. The molecule has 4 aromatic carbocycles. The molecule has 0 bridgehead atoms. The van der Waals surface area contributed by atoms with Crippen molar-refractivity contribution in [3.8, 4) is 29.1 Å². The monoisotopic (exact) mass is 518 g/mol. The molecule has 0 saturated heterocycles. The van der Waals surface area contributed by atoms with E-state index in [-0.39, 0.29) is 11.6 Å². The zero-order valence-electron chi connectivity index (χ0n) is 21.3. The third-order valence-electron chi connectivity index (χ3n) is 6.24. The predicted molar refractivity (Wildman–Crippen MR) is 146 cm³/mol. The van der Waals surface area contributed by atoms with Crippen LogP contribution in [-0.4, -0.2) is 12.6 Å². The van der Waals surface area contributed by atoms with Gasteiger partial charge in [0.05, 0.1) is 18.1 Å². The zero-order valence-corrected chi connectivity index (χ0v) is 21.3. The van der Waals surface area contributed by atoms with Gasteiger partial charge in [0, 0.05) is 11.6 Å². The minimum Gasteiger partial charge on any atom is -0.494 e. The number of hydrogen-bond acceptors (Lipinski definition) is 7. The molecule has 0 radical (unpaired) electrons. The van der Waals surface area contributed by atoms with Gasteiger partial charge >= 0.3 is 5.97 Å². The minimum atomic E-state index is -0.531. The highest BCUT2D eigenvalue weighted by Gasteiger charge is 2.31. The molecular weight excluding hydrogens is 492 g/mol. The van der Waals surface area contributed by atoms with E-state index in [1.165, 1.54) is 0 Å². The van der Waals surface area contributed by atoms with Crippen LogP contribution in [0.5, 0.6) is 23.0 Å². The molecule has 7 heteroatoms. The fourth-order valence-corrected chi connectivity index (χ4v) is 4.39. The summed E-state index contributed by atoms with van der Waals surface area (Å²) in [6.45, 7) is 2.82. The Morgan fingerprint density at radius 1 is 0.897 bits per heavy atom. The van der Waals surface area contributed by atoms with Gasteiger partial charge in [-0.1, -0.05) is 54.6 Å². The number of nitrogens with zero attached hydrogens (tertiary/aromatic N) is 1. The van der Waals surface area contributed by atoms with Crippen LogP contribution in [0.1, 0.15) is 39.9 Å². The van der Waals surface area contributed by atoms with Gasteiger partial charge in [-0.15, -0.1) is 0 Å². The molecular formula is C32H26N2O5. The Hall–Kier alpha value is -5.22. The van der Waals surface area contributed by atoms with Gasteiger partial charge in [-0.05, 0) is 54.4 Å². The maximum absolute atomic E-state index is 12.8. The van der Waals surface area contributed by atoms with Crippen molar-refractivity contribution in [3.05, 3.63) is 131 Å². The number of ether oxygens (including phenoxy) is 4. The summed E-state index contributed by atoms with van der Waals surface area (Å²) in [5.41, 5.74) is 9.47. The van der Waals surface area contributed by atoms with Gasteiger partial charge in [0.2, 0.25) is 5.88 Å². The number of allylic oxidation sites excluding steroid dienone is 1. The first kappa shape index (κ1) is 25.4. The van der Waals surface area contributed by atoms with E-state index < -0.39 is 11.9 Å². The lowest BCUT2D eigenvalue weighted by Gasteiger charge is -2.26. The van der Waals surface area contributed by atoms with Crippen molar-refractivity contribution in [2.75, 3.05) is 6.61 Å². The lowest BCUT2D eigenvalue weighted by atomic mass is 9.83. The van der Waals surface area contributed by atoms with Crippen LogP contribution in [0.4, 0.5) is 0 Å². The molecule has 1 atom stereocenters. The van der Waals surface area contributed by atoms with Crippen molar-refractivity contribution < 1.29 is 23.7 Å². The van der Waals surface area contributed by atoms with Gasteiger partial charge < -0.3 is 24.7 Å². The van der Waals surface area contributed by atoms with E-state index in [1.54, 1.807) is 42.5 Å². The second-order valence-electron chi connectivity index (χ2n) is 8.82. The molecule has 0 spiro atoms. The number of hydrogen-bond donors (Lipinski definition) is 1. The van der Waals surface area contributed by atoms with Gasteiger partial charge in [0.25, 0.3) is 0 Å². The zero-order chi connectivity index (χ0) is 27.2. The van der Waals surface area contributed by atoms with Crippen LogP contribution in [0.3, 0.4) is 0 Å². The molecule has 5 rings (SSSR count). The van der Waals surface area contributed by atoms with Crippen molar-refractivity contribution in [2.24, 2.45) is 5.73 Å². The van der Waals surface area contributed by atoms with Crippen molar-refractivity contribution in [1.29, 1.82) is 5.26 Å². The van der Waals surface area contributed by atoms with Gasteiger partial charge in [-0.25, -0.2) is 4.79 Å². The summed E-state index contributed by atoms with van der Waals surface area (Å²) in [5, 5.41) is 9.87. The van der Waals surface area contributed by atoms with Crippen LogP contribution in [0, 0.1) is 11.3 Å². The van der Waals surface area contributed by atoms with E-state index in [4.69, 9.17) is 24.7 Å². The number of fused-ring (bicyclic) bond motifs is 1. The Morgan fingerprint density at radius 2 is 1.67 bits per heavy atom. The molecule has 0 amide bonds. The SMILES string of the molecule is CCOc1cccc(C(=O)Oc2ccc3c(c2)OC(N)=C(C#N)C3c2ccc(OCc3ccccc3)cc2)c1. The van der Waals surface area contributed by atoms with Crippen molar-refractivity contribution in [2.45, 2.75) is 19.4 Å². The van der Waals surface area contributed by atoms with Crippen LogP contribution >= 0.6 is 0 Å².